The Balaban J connectivity index is 2.04. The first kappa shape index (κ1) is 24.2. The summed E-state index contributed by atoms with van der Waals surface area (Å²) in [5.41, 5.74) is -1.56. The van der Waals surface area contributed by atoms with Gasteiger partial charge in [0.25, 0.3) is 0 Å². The van der Waals surface area contributed by atoms with Crippen molar-refractivity contribution in [1.82, 2.24) is 10.2 Å². The first-order valence-corrected chi connectivity index (χ1v) is 10.1. The topological polar surface area (TPSA) is 60.0 Å². The molecular weight excluding hydrogens is 439 g/mol. The number of ether oxygens (including phenoxy) is 3. The summed E-state index contributed by atoms with van der Waals surface area (Å²) in [5, 5.41) is 2.43. The minimum absolute atomic E-state index is 0.180. The Morgan fingerprint density at radius 1 is 1.16 bits per heavy atom. The lowest BCUT2D eigenvalue weighted by atomic mass is 9.95. The molecule has 0 bridgehead atoms. The molecule has 11 heteroatoms. The van der Waals surface area contributed by atoms with Gasteiger partial charge in [-0.05, 0) is 45.0 Å². The molecule has 0 saturated carbocycles. The highest BCUT2D eigenvalue weighted by molar-refractivity contribution is 5.68. The van der Waals surface area contributed by atoms with Crippen molar-refractivity contribution in [1.29, 1.82) is 0 Å². The Kier molecular flexibility index (Phi) is 6.99. The maximum Gasteiger partial charge on any atom is 0.420 e. The summed E-state index contributed by atoms with van der Waals surface area (Å²) in [7, 11) is 0. The molecule has 0 spiro atoms. The second-order valence-corrected chi connectivity index (χ2v) is 8.51. The molecule has 1 N–H and O–H groups in total. The number of benzene rings is 1. The third kappa shape index (κ3) is 5.89. The van der Waals surface area contributed by atoms with Crippen LogP contribution in [0.2, 0.25) is 0 Å². The SMILES string of the molecule is CC(C)(C)OC(=O)N[C@H]1C=C(N2CCOCC2)[C@@H](C(F)(F)F)O[C@@H]1c1cc(F)ccc1F. The molecule has 3 rings (SSSR count). The lowest BCUT2D eigenvalue weighted by molar-refractivity contribution is -0.233. The van der Waals surface area contributed by atoms with Crippen molar-refractivity contribution < 1.29 is 41.0 Å². The highest BCUT2D eigenvalue weighted by atomic mass is 19.4. The summed E-state index contributed by atoms with van der Waals surface area (Å²) in [6.45, 7) is 5.63. The van der Waals surface area contributed by atoms with Crippen LogP contribution < -0.4 is 5.32 Å². The number of hydrogen-bond donors (Lipinski definition) is 1. The molecule has 1 saturated heterocycles. The van der Waals surface area contributed by atoms with Gasteiger partial charge in [-0.2, -0.15) is 13.2 Å². The highest BCUT2D eigenvalue weighted by Gasteiger charge is 2.50. The van der Waals surface area contributed by atoms with Gasteiger partial charge < -0.3 is 24.4 Å². The van der Waals surface area contributed by atoms with Crippen LogP contribution in [0.4, 0.5) is 26.7 Å². The molecule has 6 nitrogen and oxygen atoms in total. The number of alkyl halides is 3. The monoisotopic (exact) mass is 464 g/mol. The number of alkyl carbamates (subject to hydrolysis) is 1. The van der Waals surface area contributed by atoms with Crippen LogP contribution in [0.5, 0.6) is 0 Å². The average molecular weight is 464 g/mol. The van der Waals surface area contributed by atoms with Gasteiger partial charge in [-0.1, -0.05) is 0 Å². The predicted molar refractivity (Wildman–Crippen MR) is 104 cm³/mol. The van der Waals surface area contributed by atoms with Crippen molar-refractivity contribution in [2.24, 2.45) is 0 Å². The van der Waals surface area contributed by atoms with Crippen molar-refractivity contribution in [3.8, 4) is 0 Å². The molecule has 3 atom stereocenters. The van der Waals surface area contributed by atoms with E-state index in [1.165, 1.54) is 11.0 Å². The van der Waals surface area contributed by atoms with Gasteiger partial charge in [0.2, 0.25) is 0 Å². The predicted octanol–water partition coefficient (Wildman–Crippen LogP) is 4.08. The molecule has 32 heavy (non-hydrogen) atoms. The molecular formula is C21H25F5N2O4. The van der Waals surface area contributed by atoms with E-state index >= 15 is 0 Å². The van der Waals surface area contributed by atoms with Crippen molar-refractivity contribution in [2.45, 2.75) is 50.8 Å². The Morgan fingerprint density at radius 3 is 2.41 bits per heavy atom. The van der Waals surface area contributed by atoms with E-state index in [-0.39, 0.29) is 32.0 Å². The molecule has 0 unspecified atom stereocenters. The molecule has 1 aromatic carbocycles. The highest BCUT2D eigenvalue weighted by Crippen LogP contribution is 2.40. The van der Waals surface area contributed by atoms with Crippen LogP contribution in [0, 0.1) is 11.6 Å². The minimum atomic E-state index is -4.83. The van der Waals surface area contributed by atoms with Gasteiger partial charge in [0, 0.05) is 18.7 Å². The van der Waals surface area contributed by atoms with E-state index in [2.05, 4.69) is 5.32 Å². The van der Waals surface area contributed by atoms with Crippen LogP contribution in [0.15, 0.2) is 30.0 Å². The maximum absolute atomic E-state index is 14.5. The van der Waals surface area contributed by atoms with E-state index in [0.717, 1.165) is 18.2 Å². The zero-order valence-electron chi connectivity index (χ0n) is 17.8. The Labute approximate surface area is 182 Å². The van der Waals surface area contributed by atoms with E-state index < -0.39 is 53.3 Å². The van der Waals surface area contributed by atoms with Crippen molar-refractivity contribution in [2.75, 3.05) is 26.3 Å². The molecule has 0 radical (unpaired) electrons. The van der Waals surface area contributed by atoms with Crippen molar-refractivity contribution >= 4 is 6.09 Å². The first-order valence-electron chi connectivity index (χ1n) is 10.1. The van der Waals surface area contributed by atoms with Gasteiger partial charge in [-0.15, -0.1) is 0 Å². The van der Waals surface area contributed by atoms with E-state index in [9.17, 15) is 26.7 Å². The van der Waals surface area contributed by atoms with E-state index in [4.69, 9.17) is 14.2 Å². The molecule has 2 aliphatic heterocycles. The normalized spacial score (nSPS) is 24.7. The quantitative estimate of drug-likeness (QED) is 0.684. The second kappa shape index (κ2) is 9.22. The second-order valence-electron chi connectivity index (χ2n) is 8.51. The Bertz CT molecular complexity index is 863. The maximum atomic E-state index is 14.5. The molecule has 0 aromatic heterocycles. The van der Waals surface area contributed by atoms with Gasteiger partial charge in [-0.25, -0.2) is 13.6 Å². The van der Waals surface area contributed by atoms with E-state index in [0.29, 0.717) is 0 Å². The fraction of sp³-hybridized carbons (Fsp3) is 0.571. The first-order chi connectivity index (χ1) is 14.8. The molecule has 1 aromatic rings. The molecule has 178 valence electrons. The van der Waals surface area contributed by atoms with Crippen LogP contribution in [0.3, 0.4) is 0 Å². The number of hydrogen-bond acceptors (Lipinski definition) is 5. The molecule has 2 heterocycles. The van der Waals surface area contributed by atoms with Gasteiger partial charge in [0.1, 0.15) is 23.3 Å². The summed E-state index contributed by atoms with van der Waals surface area (Å²) in [5.74, 6) is -1.82. The summed E-state index contributed by atoms with van der Waals surface area (Å²) in [4.78, 5) is 13.8. The van der Waals surface area contributed by atoms with Crippen LogP contribution in [0.25, 0.3) is 0 Å². The number of halogens is 5. The average Bonchev–Trinajstić information content (AvgIpc) is 2.68. The zero-order chi connectivity index (χ0) is 23.7. The van der Waals surface area contributed by atoms with Gasteiger partial charge >= 0.3 is 12.3 Å². The molecule has 0 aliphatic carbocycles. The standard InChI is InChI=1S/C21H25F5N2O4/c1-20(2,3)32-19(29)27-15-11-16(28-6-8-30-9-7-28)18(21(24,25)26)31-17(15)13-10-12(22)4-5-14(13)23/h4-5,10-11,15,17-18H,6-9H2,1-3H3,(H,27,29)/t15-,17+,18-/m0/s1. The van der Waals surface area contributed by atoms with Crippen LogP contribution in [-0.4, -0.2) is 61.2 Å². The smallest absolute Gasteiger partial charge is 0.420 e. The largest absolute Gasteiger partial charge is 0.444 e. The molecule has 1 amide bonds. The van der Waals surface area contributed by atoms with Gasteiger partial charge in [0.15, 0.2) is 6.10 Å². The number of carbonyl (C=O) groups excluding carboxylic acids is 1. The minimum Gasteiger partial charge on any atom is -0.444 e. The number of nitrogens with one attached hydrogen (secondary N) is 1. The van der Waals surface area contributed by atoms with Gasteiger partial charge in [0.05, 0.1) is 25.0 Å². The molecule has 2 aliphatic rings. The number of amides is 1. The zero-order valence-corrected chi connectivity index (χ0v) is 17.8. The summed E-state index contributed by atoms with van der Waals surface area (Å²) in [6, 6.07) is 1.14. The van der Waals surface area contributed by atoms with Crippen LogP contribution in [-0.2, 0) is 14.2 Å². The fourth-order valence-corrected chi connectivity index (χ4v) is 3.56. The third-order valence-electron chi connectivity index (χ3n) is 4.85. The summed E-state index contributed by atoms with van der Waals surface area (Å²) >= 11 is 0. The fourth-order valence-electron chi connectivity index (χ4n) is 3.56. The number of carbonyl (C=O) groups is 1. The lowest BCUT2D eigenvalue weighted by Crippen LogP contribution is -2.52. The van der Waals surface area contributed by atoms with Crippen LogP contribution in [0.1, 0.15) is 32.4 Å². The number of morpholine rings is 1. The van der Waals surface area contributed by atoms with Crippen LogP contribution >= 0.6 is 0 Å². The summed E-state index contributed by atoms with van der Waals surface area (Å²) in [6.07, 6.45) is -8.63. The van der Waals surface area contributed by atoms with Crippen molar-refractivity contribution in [3.05, 3.63) is 47.2 Å². The lowest BCUT2D eigenvalue weighted by Gasteiger charge is -2.42. The Hall–Kier alpha value is -2.40. The van der Waals surface area contributed by atoms with E-state index in [1.54, 1.807) is 20.8 Å². The summed E-state index contributed by atoms with van der Waals surface area (Å²) < 4.78 is 85.8. The Morgan fingerprint density at radius 2 is 1.81 bits per heavy atom. The third-order valence-corrected chi connectivity index (χ3v) is 4.85. The van der Waals surface area contributed by atoms with Crippen molar-refractivity contribution in [3.63, 3.8) is 0 Å². The number of rotatable bonds is 3. The van der Waals surface area contributed by atoms with Gasteiger partial charge in [-0.3, -0.25) is 0 Å². The number of nitrogens with zero attached hydrogens (tertiary/aromatic N) is 1. The molecule has 1 fully saturated rings. The van der Waals surface area contributed by atoms with E-state index in [1.807, 2.05) is 0 Å².